The van der Waals surface area contributed by atoms with E-state index in [1.165, 1.54) is 0 Å². The molecule has 0 radical (unpaired) electrons. The molecule has 0 aliphatic rings. The Balaban J connectivity index is 2.90. The Hall–Kier alpha value is -1.55. The van der Waals surface area contributed by atoms with Crippen LogP contribution in [0.5, 0.6) is 0 Å². The second kappa shape index (κ2) is 7.14. The van der Waals surface area contributed by atoms with Gasteiger partial charge in [-0.1, -0.05) is 24.6 Å². The summed E-state index contributed by atoms with van der Waals surface area (Å²) in [4.78, 5) is 24.6. The highest BCUT2D eigenvalue weighted by molar-refractivity contribution is 6.30. The number of aliphatic carboxylic acids is 1. The highest BCUT2D eigenvalue weighted by Gasteiger charge is 2.21. The summed E-state index contributed by atoms with van der Waals surface area (Å²) in [6.45, 7) is 4.07. The summed E-state index contributed by atoms with van der Waals surface area (Å²) >= 11 is 5.87. The molecule has 0 saturated carbocycles. The predicted molar refractivity (Wildman–Crippen MR) is 74.5 cm³/mol. The largest absolute Gasteiger partial charge is 0.481 e. The van der Waals surface area contributed by atoms with E-state index in [0.29, 0.717) is 10.6 Å². The van der Waals surface area contributed by atoms with Crippen LogP contribution < -0.4 is 0 Å². The van der Waals surface area contributed by atoms with E-state index in [-0.39, 0.29) is 24.9 Å². The van der Waals surface area contributed by atoms with Gasteiger partial charge in [0, 0.05) is 23.2 Å². The molecule has 0 aliphatic carbocycles. The first-order valence-electron chi connectivity index (χ1n) is 6.24. The first-order valence-corrected chi connectivity index (χ1v) is 6.61. The Bertz CT molecular complexity index is 462. The van der Waals surface area contributed by atoms with Gasteiger partial charge in [0.1, 0.15) is 0 Å². The number of amides is 1. The highest BCUT2D eigenvalue weighted by Crippen LogP contribution is 2.15. The summed E-state index contributed by atoms with van der Waals surface area (Å²) in [5.74, 6) is -1.09. The van der Waals surface area contributed by atoms with Crippen molar-refractivity contribution in [2.24, 2.45) is 0 Å². The number of nitrogens with zero attached hydrogens (tertiary/aromatic N) is 1. The summed E-state index contributed by atoms with van der Waals surface area (Å²) in [7, 11) is 0. The number of carboxylic acid groups (broad SMARTS) is 1. The van der Waals surface area contributed by atoms with Crippen molar-refractivity contribution in [2.45, 2.75) is 32.7 Å². The van der Waals surface area contributed by atoms with Crippen molar-refractivity contribution in [1.29, 1.82) is 0 Å². The molecule has 1 amide bonds. The fourth-order valence-electron chi connectivity index (χ4n) is 1.75. The maximum Gasteiger partial charge on any atom is 0.305 e. The number of carbonyl (C=O) groups is 2. The summed E-state index contributed by atoms with van der Waals surface area (Å²) in [6.07, 6.45) is 0.711. The quantitative estimate of drug-likeness (QED) is 0.873. The lowest BCUT2D eigenvalue weighted by Gasteiger charge is -2.28. The molecule has 1 unspecified atom stereocenters. The van der Waals surface area contributed by atoms with Gasteiger partial charge in [-0.15, -0.1) is 0 Å². The number of halogens is 1. The number of carbonyl (C=O) groups excluding carboxylic acids is 1. The van der Waals surface area contributed by atoms with Crippen LogP contribution in [0.3, 0.4) is 0 Å². The molecule has 1 aromatic rings. The average Bonchev–Trinajstić information content (AvgIpc) is 2.38. The lowest BCUT2D eigenvalue weighted by atomic mass is 10.1. The molecular weight excluding hydrogens is 266 g/mol. The molecule has 0 bridgehead atoms. The van der Waals surface area contributed by atoms with Gasteiger partial charge in [-0.25, -0.2) is 0 Å². The van der Waals surface area contributed by atoms with Crippen molar-refractivity contribution in [1.82, 2.24) is 4.90 Å². The minimum absolute atomic E-state index is 0.00849. The van der Waals surface area contributed by atoms with Gasteiger partial charge in [0.05, 0.1) is 6.42 Å². The van der Waals surface area contributed by atoms with Gasteiger partial charge in [-0.05, 0) is 31.5 Å². The zero-order valence-corrected chi connectivity index (χ0v) is 11.9. The van der Waals surface area contributed by atoms with E-state index < -0.39 is 5.97 Å². The molecule has 5 heteroatoms. The van der Waals surface area contributed by atoms with Gasteiger partial charge in [-0.2, -0.15) is 0 Å². The molecule has 4 nitrogen and oxygen atoms in total. The zero-order valence-electron chi connectivity index (χ0n) is 11.1. The molecular formula is C14H18ClNO3. The van der Waals surface area contributed by atoms with Crippen molar-refractivity contribution >= 4 is 23.5 Å². The minimum atomic E-state index is -0.910. The molecule has 1 atom stereocenters. The standard InChI is InChI=1S/C14H18ClNO3/c1-3-10(2)16(8-7-13(17)18)14(19)11-5-4-6-12(15)9-11/h4-6,9-10H,3,7-8H2,1-2H3,(H,17,18). The molecule has 1 aromatic carbocycles. The Morgan fingerprint density at radius 2 is 2.11 bits per heavy atom. The molecule has 0 heterocycles. The Labute approximate surface area is 118 Å². The molecule has 0 spiro atoms. The van der Waals surface area contributed by atoms with Crippen molar-refractivity contribution < 1.29 is 14.7 Å². The molecule has 1 rings (SSSR count). The van der Waals surface area contributed by atoms with E-state index in [4.69, 9.17) is 16.7 Å². The van der Waals surface area contributed by atoms with E-state index in [1.807, 2.05) is 13.8 Å². The Kier molecular flexibility index (Phi) is 5.83. The van der Waals surface area contributed by atoms with Crippen molar-refractivity contribution in [3.05, 3.63) is 34.9 Å². The maximum absolute atomic E-state index is 12.4. The van der Waals surface area contributed by atoms with Crippen molar-refractivity contribution in [3.8, 4) is 0 Å². The number of benzene rings is 1. The topological polar surface area (TPSA) is 57.6 Å². The van der Waals surface area contributed by atoms with Crippen LogP contribution in [0.15, 0.2) is 24.3 Å². The second-order valence-corrected chi connectivity index (χ2v) is 4.85. The van der Waals surface area contributed by atoms with E-state index >= 15 is 0 Å². The minimum Gasteiger partial charge on any atom is -0.481 e. The van der Waals surface area contributed by atoms with E-state index in [9.17, 15) is 9.59 Å². The van der Waals surface area contributed by atoms with Crippen molar-refractivity contribution in [2.75, 3.05) is 6.54 Å². The first kappa shape index (κ1) is 15.5. The fourth-order valence-corrected chi connectivity index (χ4v) is 1.94. The van der Waals surface area contributed by atoms with Crippen LogP contribution in [0.1, 0.15) is 37.0 Å². The first-order chi connectivity index (χ1) is 8.95. The lowest BCUT2D eigenvalue weighted by molar-refractivity contribution is -0.137. The lowest BCUT2D eigenvalue weighted by Crippen LogP contribution is -2.39. The fraction of sp³-hybridized carbons (Fsp3) is 0.429. The van der Waals surface area contributed by atoms with Crippen LogP contribution in [0, 0.1) is 0 Å². The summed E-state index contributed by atoms with van der Waals surface area (Å²) in [6, 6.07) is 6.68. The van der Waals surface area contributed by atoms with Gasteiger partial charge in [0.25, 0.3) is 5.91 Å². The smallest absolute Gasteiger partial charge is 0.305 e. The molecule has 104 valence electrons. The predicted octanol–water partition coefficient (Wildman–Crippen LogP) is 3.06. The summed E-state index contributed by atoms with van der Waals surface area (Å²) in [5, 5.41) is 9.25. The van der Waals surface area contributed by atoms with E-state index in [2.05, 4.69) is 0 Å². The monoisotopic (exact) mass is 283 g/mol. The van der Waals surface area contributed by atoms with E-state index in [0.717, 1.165) is 6.42 Å². The third-order valence-electron chi connectivity index (χ3n) is 3.02. The van der Waals surface area contributed by atoms with Gasteiger partial charge >= 0.3 is 5.97 Å². The number of carboxylic acids is 1. The van der Waals surface area contributed by atoms with Crippen LogP contribution in [-0.4, -0.2) is 34.5 Å². The summed E-state index contributed by atoms with van der Waals surface area (Å²) in [5.41, 5.74) is 0.484. The molecule has 0 aliphatic heterocycles. The van der Waals surface area contributed by atoms with Crippen LogP contribution in [-0.2, 0) is 4.79 Å². The number of hydrogen-bond acceptors (Lipinski definition) is 2. The number of rotatable bonds is 6. The molecule has 19 heavy (non-hydrogen) atoms. The number of hydrogen-bond donors (Lipinski definition) is 1. The highest BCUT2D eigenvalue weighted by atomic mass is 35.5. The van der Waals surface area contributed by atoms with Crippen LogP contribution in [0.2, 0.25) is 5.02 Å². The second-order valence-electron chi connectivity index (χ2n) is 4.41. The SMILES string of the molecule is CCC(C)N(CCC(=O)O)C(=O)c1cccc(Cl)c1. The van der Waals surface area contributed by atoms with E-state index in [1.54, 1.807) is 29.2 Å². The van der Waals surface area contributed by atoms with Gasteiger partial charge in [0.15, 0.2) is 0 Å². The molecule has 0 aromatic heterocycles. The third kappa shape index (κ3) is 4.56. The summed E-state index contributed by atoms with van der Waals surface area (Å²) < 4.78 is 0. The zero-order chi connectivity index (χ0) is 14.4. The molecule has 1 N–H and O–H groups in total. The third-order valence-corrected chi connectivity index (χ3v) is 3.26. The Morgan fingerprint density at radius 1 is 1.42 bits per heavy atom. The maximum atomic E-state index is 12.4. The van der Waals surface area contributed by atoms with Crippen molar-refractivity contribution in [3.63, 3.8) is 0 Å². The normalized spacial score (nSPS) is 11.9. The van der Waals surface area contributed by atoms with Gasteiger partial charge < -0.3 is 10.0 Å². The van der Waals surface area contributed by atoms with Crippen LogP contribution >= 0.6 is 11.6 Å². The van der Waals surface area contributed by atoms with Crippen LogP contribution in [0.4, 0.5) is 0 Å². The van der Waals surface area contributed by atoms with Gasteiger partial charge in [0.2, 0.25) is 0 Å². The molecule has 0 saturated heterocycles. The van der Waals surface area contributed by atoms with Gasteiger partial charge in [-0.3, -0.25) is 9.59 Å². The van der Waals surface area contributed by atoms with Crippen LogP contribution in [0.25, 0.3) is 0 Å². The molecule has 0 fully saturated rings. The Morgan fingerprint density at radius 3 is 2.63 bits per heavy atom. The average molecular weight is 284 g/mol.